The maximum atomic E-state index is 13.7. The van der Waals surface area contributed by atoms with Crippen molar-refractivity contribution >= 4 is 23.1 Å². The van der Waals surface area contributed by atoms with Gasteiger partial charge in [-0.05, 0) is 36.9 Å². The predicted octanol–water partition coefficient (Wildman–Crippen LogP) is 4.81. The Bertz CT molecular complexity index is 1040. The lowest BCUT2D eigenvalue weighted by Crippen LogP contribution is -1.91. The number of nitrogens with one attached hydrogen (secondary N) is 1. The minimum Gasteiger partial charge on any atom is -0.338 e. The standard InChI is InChI=1S/C18H16FN5OS2/c1-10-5-6-12(8-14(10)19)16-21-17(25-24-16)11(2)27-18-20-15(22-23-18)9-13-4-3-7-26-13/h3-8,11H,9H2,1-2H3,(H,20,22,23). The number of thiophene rings is 1. The van der Waals surface area contributed by atoms with Gasteiger partial charge in [0.1, 0.15) is 11.6 Å². The van der Waals surface area contributed by atoms with E-state index in [1.807, 2.05) is 18.4 Å². The second-order valence-corrected chi connectivity index (χ2v) is 8.34. The molecule has 0 aliphatic heterocycles. The molecule has 0 amide bonds. The van der Waals surface area contributed by atoms with Gasteiger partial charge in [0.2, 0.25) is 16.9 Å². The van der Waals surface area contributed by atoms with Crippen LogP contribution in [0.3, 0.4) is 0 Å². The van der Waals surface area contributed by atoms with E-state index in [9.17, 15) is 4.39 Å². The Balaban J connectivity index is 1.44. The van der Waals surface area contributed by atoms with Crippen molar-refractivity contribution in [3.8, 4) is 11.4 Å². The summed E-state index contributed by atoms with van der Waals surface area (Å²) in [6.07, 6.45) is 0.725. The van der Waals surface area contributed by atoms with Gasteiger partial charge in [-0.2, -0.15) is 4.98 Å². The maximum absolute atomic E-state index is 13.7. The molecule has 138 valence electrons. The first-order valence-electron chi connectivity index (χ1n) is 8.29. The molecule has 3 aromatic heterocycles. The molecule has 6 nitrogen and oxygen atoms in total. The van der Waals surface area contributed by atoms with Crippen LogP contribution in [-0.4, -0.2) is 25.3 Å². The van der Waals surface area contributed by atoms with Gasteiger partial charge in [0.25, 0.3) is 0 Å². The molecule has 0 aliphatic rings. The number of H-pyrrole nitrogens is 1. The van der Waals surface area contributed by atoms with Crippen LogP contribution in [0.5, 0.6) is 0 Å². The molecule has 1 N–H and O–H groups in total. The van der Waals surface area contributed by atoms with Crippen molar-refractivity contribution in [3.63, 3.8) is 0 Å². The van der Waals surface area contributed by atoms with Crippen LogP contribution in [-0.2, 0) is 6.42 Å². The van der Waals surface area contributed by atoms with Crippen LogP contribution in [0.2, 0.25) is 0 Å². The number of nitrogens with zero attached hydrogens (tertiary/aromatic N) is 4. The average Bonchev–Trinajstić information content (AvgIpc) is 3.40. The lowest BCUT2D eigenvalue weighted by Gasteiger charge is -2.01. The molecule has 27 heavy (non-hydrogen) atoms. The first-order valence-corrected chi connectivity index (χ1v) is 10.0. The predicted molar refractivity (Wildman–Crippen MR) is 102 cm³/mol. The van der Waals surface area contributed by atoms with Crippen molar-refractivity contribution in [2.75, 3.05) is 0 Å². The molecule has 1 unspecified atom stereocenters. The first kappa shape index (κ1) is 17.9. The zero-order valence-electron chi connectivity index (χ0n) is 14.6. The lowest BCUT2D eigenvalue weighted by molar-refractivity contribution is 0.380. The van der Waals surface area contributed by atoms with Gasteiger partial charge in [-0.15, -0.1) is 16.4 Å². The van der Waals surface area contributed by atoms with E-state index in [0.29, 0.717) is 28.0 Å². The molecular formula is C18H16FN5OS2. The lowest BCUT2D eigenvalue weighted by atomic mass is 10.1. The van der Waals surface area contributed by atoms with Gasteiger partial charge >= 0.3 is 0 Å². The number of hydrogen-bond donors (Lipinski definition) is 1. The second kappa shape index (κ2) is 7.61. The van der Waals surface area contributed by atoms with Crippen LogP contribution in [0.4, 0.5) is 4.39 Å². The Hall–Kier alpha value is -2.52. The summed E-state index contributed by atoms with van der Waals surface area (Å²) in [5.74, 6) is 1.33. The highest BCUT2D eigenvalue weighted by Gasteiger charge is 2.19. The van der Waals surface area contributed by atoms with Crippen LogP contribution in [0, 0.1) is 12.7 Å². The number of halogens is 1. The Morgan fingerprint density at radius 1 is 1.30 bits per heavy atom. The molecule has 0 fully saturated rings. The summed E-state index contributed by atoms with van der Waals surface area (Å²) < 4.78 is 19.1. The zero-order valence-corrected chi connectivity index (χ0v) is 16.3. The number of rotatable bonds is 6. The highest BCUT2D eigenvalue weighted by molar-refractivity contribution is 7.99. The topological polar surface area (TPSA) is 80.5 Å². The van der Waals surface area contributed by atoms with Crippen LogP contribution >= 0.6 is 23.1 Å². The Labute approximate surface area is 163 Å². The van der Waals surface area contributed by atoms with Crippen LogP contribution in [0.1, 0.15) is 34.3 Å². The van der Waals surface area contributed by atoms with Crippen molar-refractivity contribution in [2.24, 2.45) is 0 Å². The fourth-order valence-corrected chi connectivity index (χ4v) is 3.93. The minimum atomic E-state index is -0.291. The van der Waals surface area contributed by atoms with Crippen molar-refractivity contribution < 1.29 is 8.91 Å². The molecule has 1 atom stereocenters. The number of thioether (sulfide) groups is 1. The number of hydrogen-bond acceptors (Lipinski definition) is 7. The normalized spacial score (nSPS) is 12.4. The van der Waals surface area contributed by atoms with E-state index < -0.39 is 0 Å². The van der Waals surface area contributed by atoms with Gasteiger partial charge in [0.05, 0.1) is 5.25 Å². The monoisotopic (exact) mass is 401 g/mol. The molecule has 4 rings (SSSR count). The summed E-state index contributed by atoms with van der Waals surface area (Å²) in [4.78, 5) is 10.1. The third-order valence-electron chi connectivity index (χ3n) is 3.93. The van der Waals surface area contributed by atoms with Crippen molar-refractivity contribution in [1.29, 1.82) is 0 Å². The molecule has 0 saturated carbocycles. The fraction of sp³-hybridized carbons (Fsp3) is 0.222. The van der Waals surface area contributed by atoms with E-state index in [4.69, 9.17) is 4.52 Å². The van der Waals surface area contributed by atoms with E-state index in [0.717, 1.165) is 12.2 Å². The van der Waals surface area contributed by atoms with Crippen molar-refractivity contribution in [3.05, 3.63) is 63.7 Å². The highest BCUT2D eigenvalue weighted by Crippen LogP contribution is 2.33. The van der Waals surface area contributed by atoms with Gasteiger partial charge in [-0.1, -0.05) is 35.1 Å². The van der Waals surface area contributed by atoms with Crippen LogP contribution in [0.15, 0.2) is 45.4 Å². The van der Waals surface area contributed by atoms with Gasteiger partial charge in [-0.3, -0.25) is 5.10 Å². The van der Waals surface area contributed by atoms with Gasteiger partial charge < -0.3 is 4.52 Å². The molecular weight excluding hydrogens is 385 g/mol. The van der Waals surface area contributed by atoms with E-state index in [1.54, 1.807) is 30.4 Å². The summed E-state index contributed by atoms with van der Waals surface area (Å²) in [7, 11) is 0. The minimum absolute atomic E-state index is 0.132. The third-order valence-corrected chi connectivity index (χ3v) is 5.76. The molecule has 0 radical (unpaired) electrons. The smallest absolute Gasteiger partial charge is 0.240 e. The molecule has 0 bridgehead atoms. The molecule has 0 aliphatic carbocycles. The number of aromatic amines is 1. The zero-order chi connectivity index (χ0) is 18.8. The molecule has 1 aromatic carbocycles. The number of benzene rings is 1. The second-order valence-electron chi connectivity index (χ2n) is 6.00. The largest absolute Gasteiger partial charge is 0.338 e. The molecule has 3 heterocycles. The van der Waals surface area contributed by atoms with Gasteiger partial charge in [0.15, 0.2) is 0 Å². The quantitative estimate of drug-likeness (QED) is 0.467. The summed E-state index contributed by atoms with van der Waals surface area (Å²) in [6, 6.07) is 8.96. The Morgan fingerprint density at radius 2 is 2.19 bits per heavy atom. The SMILES string of the molecule is Cc1ccc(-c2noc(C(C)Sc3n[nH]c(Cc4cccs4)n3)n2)cc1F. The van der Waals surface area contributed by atoms with Gasteiger partial charge in [0, 0.05) is 16.9 Å². The van der Waals surface area contributed by atoms with Gasteiger partial charge in [-0.25, -0.2) is 9.37 Å². The average molecular weight is 401 g/mol. The third kappa shape index (κ3) is 4.09. The molecule has 9 heteroatoms. The van der Waals surface area contributed by atoms with E-state index >= 15 is 0 Å². The van der Waals surface area contributed by atoms with E-state index in [2.05, 4.69) is 31.4 Å². The number of aryl methyl sites for hydroxylation is 1. The molecule has 0 spiro atoms. The Kier molecular flexibility index (Phi) is 5.04. The van der Waals surface area contributed by atoms with Crippen molar-refractivity contribution in [1.82, 2.24) is 25.3 Å². The fourth-order valence-electron chi connectivity index (χ4n) is 2.45. The summed E-state index contributed by atoms with van der Waals surface area (Å²) in [6.45, 7) is 3.65. The maximum Gasteiger partial charge on any atom is 0.240 e. The summed E-state index contributed by atoms with van der Waals surface area (Å²) >= 11 is 3.11. The summed E-state index contributed by atoms with van der Waals surface area (Å²) in [5, 5.41) is 13.7. The Morgan fingerprint density at radius 3 is 2.96 bits per heavy atom. The van der Waals surface area contributed by atoms with Crippen LogP contribution in [0.25, 0.3) is 11.4 Å². The van der Waals surface area contributed by atoms with E-state index in [1.165, 1.54) is 22.7 Å². The van der Waals surface area contributed by atoms with Crippen LogP contribution < -0.4 is 0 Å². The van der Waals surface area contributed by atoms with E-state index in [-0.39, 0.29) is 11.1 Å². The first-order chi connectivity index (χ1) is 13.1. The highest BCUT2D eigenvalue weighted by atomic mass is 32.2. The molecule has 0 saturated heterocycles. The van der Waals surface area contributed by atoms with Crippen molar-refractivity contribution in [2.45, 2.75) is 30.7 Å². The summed E-state index contributed by atoms with van der Waals surface area (Å²) in [5.41, 5.74) is 1.16. The molecule has 4 aromatic rings. The number of aromatic nitrogens is 5.